The van der Waals surface area contributed by atoms with Gasteiger partial charge in [-0.15, -0.1) is 0 Å². The van der Waals surface area contributed by atoms with Crippen molar-refractivity contribution in [1.82, 2.24) is 0 Å². The zero-order valence-corrected chi connectivity index (χ0v) is 43.4. The van der Waals surface area contributed by atoms with Crippen LogP contribution in [0.15, 0.2) is 109 Å². The summed E-state index contributed by atoms with van der Waals surface area (Å²) in [5.41, 5.74) is 0. The number of unbranched alkanes of at least 4 members (excludes halogenated alkanes) is 26. The van der Waals surface area contributed by atoms with Gasteiger partial charge in [0.1, 0.15) is 13.2 Å². The van der Waals surface area contributed by atoms with Crippen molar-refractivity contribution in [2.75, 3.05) is 13.2 Å². The van der Waals surface area contributed by atoms with Crippen molar-refractivity contribution in [3.63, 3.8) is 0 Å². The molecule has 0 spiro atoms. The third kappa shape index (κ3) is 52.9. The Morgan fingerprint density at radius 1 is 0.313 bits per heavy atom. The zero-order chi connectivity index (χ0) is 48.6. The summed E-state index contributed by atoms with van der Waals surface area (Å²) in [5, 5.41) is 0. The van der Waals surface area contributed by atoms with Gasteiger partial charge in [-0.1, -0.05) is 265 Å². The Hall–Kier alpha value is -3.93. The van der Waals surface area contributed by atoms with E-state index in [0.717, 1.165) is 89.9 Å². The fourth-order valence-corrected chi connectivity index (χ4v) is 7.36. The van der Waals surface area contributed by atoms with E-state index in [4.69, 9.17) is 14.2 Å². The zero-order valence-electron chi connectivity index (χ0n) is 43.4. The van der Waals surface area contributed by atoms with E-state index in [-0.39, 0.29) is 37.5 Å². The maximum Gasteiger partial charge on any atom is 0.306 e. The number of esters is 3. The van der Waals surface area contributed by atoms with Crippen LogP contribution in [0.5, 0.6) is 0 Å². The number of rotatable bonds is 48. The summed E-state index contributed by atoms with van der Waals surface area (Å²) in [6, 6.07) is 0. The molecular formula is C61H100O6. The van der Waals surface area contributed by atoms with E-state index in [1.165, 1.54) is 103 Å². The second-order valence-electron chi connectivity index (χ2n) is 18.0. The fourth-order valence-electron chi connectivity index (χ4n) is 7.36. The molecule has 6 heteroatoms. The van der Waals surface area contributed by atoms with E-state index in [1.807, 2.05) is 60.8 Å². The molecule has 0 aromatic heterocycles. The molecule has 0 rings (SSSR count). The van der Waals surface area contributed by atoms with Crippen LogP contribution in [-0.2, 0) is 28.6 Å². The smallest absolute Gasteiger partial charge is 0.306 e. The van der Waals surface area contributed by atoms with E-state index < -0.39 is 6.10 Å². The third-order valence-electron chi connectivity index (χ3n) is 11.5. The minimum atomic E-state index is -0.811. The highest BCUT2D eigenvalue weighted by molar-refractivity contribution is 5.71. The summed E-state index contributed by atoms with van der Waals surface area (Å²) in [6.45, 7) is 6.42. The molecule has 0 heterocycles. The van der Waals surface area contributed by atoms with Crippen LogP contribution in [0.25, 0.3) is 0 Å². The van der Waals surface area contributed by atoms with Gasteiger partial charge in [0.15, 0.2) is 6.10 Å². The first-order valence-corrected chi connectivity index (χ1v) is 27.5. The minimum Gasteiger partial charge on any atom is -0.462 e. The van der Waals surface area contributed by atoms with Gasteiger partial charge < -0.3 is 14.2 Å². The molecule has 1 unspecified atom stereocenters. The lowest BCUT2D eigenvalue weighted by Gasteiger charge is -2.18. The van der Waals surface area contributed by atoms with Crippen molar-refractivity contribution >= 4 is 17.9 Å². The lowest BCUT2D eigenvalue weighted by Crippen LogP contribution is -2.30. The Kier molecular flexibility index (Phi) is 51.5. The number of ether oxygens (including phenoxy) is 3. The van der Waals surface area contributed by atoms with Gasteiger partial charge in [-0.2, -0.15) is 0 Å². The van der Waals surface area contributed by atoms with Crippen LogP contribution in [0.3, 0.4) is 0 Å². The Labute approximate surface area is 412 Å². The standard InChI is InChI=1S/C61H100O6/c1-4-7-10-13-16-19-22-25-28-30-32-33-36-39-42-45-48-51-54-60(63)66-57-58(56-65-59(62)53-50-47-44-41-38-35-27-24-21-18-15-12-9-6-3)67-61(64)55-52-49-46-43-40-37-34-31-29-26-23-20-17-14-11-8-5-2/h8,11,14,17,20,22-23,25-26,28-34,37,40,58H,4-7,9-10,12-13,15-16,18-19,21,24,27,35-36,38-39,41-57H2,1-3H3/b11-8-,17-14-,23-20-,25-22-,29-26-,30-28-,33-32-,34-31+,40-37-. The summed E-state index contributed by atoms with van der Waals surface area (Å²) in [4.78, 5) is 38.1. The highest BCUT2D eigenvalue weighted by Gasteiger charge is 2.19. The monoisotopic (exact) mass is 929 g/mol. The Morgan fingerprint density at radius 3 is 0.925 bits per heavy atom. The predicted molar refractivity (Wildman–Crippen MR) is 288 cm³/mol. The van der Waals surface area contributed by atoms with Gasteiger partial charge in [-0.25, -0.2) is 0 Å². The van der Waals surface area contributed by atoms with E-state index in [2.05, 4.69) is 69.4 Å². The molecule has 0 saturated heterocycles. The second kappa shape index (κ2) is 54.7. The maximum absolute atomic E-state index is 12.8. The van der Waals surface area contributed by atoms with Crippen LogP contribution in [0, 0.1) is 0 Å². The molecule has 0 aromatic carbocycles. The summed E-state index contributed by atoms with van der Waals surface area (Å²) >= 11 is 0. The quantitative estimate of drug-likeness (QED) is 0.0262. The van der Waals surface area contributed by atoms with Crippen molar-refractivity contribution in [3.05, 3.63) is 109 Å². The predicted octanol–water partition coefficient (Wildman–Crippen LogP) is 18.3. The molecule has 0 amide bonds. The van der Waals surface area contributed by atoms with Gasteiger partial charge in [0, 0.05) is 19.3 Å². The topological polar surface area (TPSA) is 78.9 Å². The molecule has 0 fully saturated rings. The number of hydrogen-bond acceptors (Lipinski definition) is 6. The van der Waals surface area contributed by atoms with Crippen molar-refractivity contribution in [2.45, 2.75) is 245 Å². The molecule has 67 heavy (non-hydrogen) atoms. The first-order valence-electron chi connectivity index (χ1n) is 27.5. The molecule has 1 atom stereocenters. The van der Waals surface area contributed by atoms with Gasteiger partial charge in [0.2, 0.25) is 0 Å². The average molecular weight is 929 g/mol. The van der Waals surface area contributed by atoms with Gasteiger partial charge in [0.05, 0.1) is 0 Å². The number of carbonyl (C=O) groups is 3. The Bertz CT molecular complexity index is 1390. The van der Waals surface area contributed by atoms with Crippen molar-refractivity contribution in [1.29, 1.82) is 0 Å². The minimum absolute atomic E-state index is 0.103. The van der Waals surface area contributed by atoms with E-state index in [1.54, 1.807) is 0 Å². The summed E-state index contributed by atoms with van der Waals surface area (Å²) in [7, 11) is 0. The fraction of sp³-hybridized carbons (Fsp3) is 0.656. The molecule has 6 nitrogen and oxygen atoms in total. The Balaban J connectivity index is 4.53. The second-order valence-corrected chi connectivity index (χ2v) is 18.0. The van der Waals surface area contributed by atoms with Crippen LogP contribution in [0.2, 0.25) is 0 Å². The molecule has 0 saturated carbocycles. The van der Waals surface area contributed by atoms with Crippen LogP contribution in [0.1, 0.15) is 239 Å². The molecular weight excluding hydrogens is 829 g/mol. The average Bonchev–Trinajstić information content (AvgIpc) is 3.33. The first-order chi connectivity index (χ1) is 33.0. The molecule has 0 aliphatic rings. The van der Waals surface area contributed by atoms with Gasteiger partial charge in [-0.3, -0.25) is 14.4 Å². The number of allylic oxidation sites excluding steroid dienone is 18. The van der Waals surface area contributed by atoms with E-state index >= 15 is 0 Å². The largest absolute Gasteiger partial charge is 0.462 e. The van der Waals surface area contributed by atoms with Crippen molar-refractivity contribution in [3.8, 4) is 0 Å². The highest BCUT2D eigenvalue weighted by atomic mass is 16.6. The van der Waals surface area contributed by atoms with Gasteiger partial charge in [-0.05, 0) is 64.2 Å². The summed E-state index contributed by atoms with van der Waals surface area (Å²) in [5.74, 6) is -0.967. The molecule has 0 radical (unpaired) electrons. The highest BCUT2D eigenvalue weighted by Crippen LogP contribution is 2.15. The van der Waals surface area contributed by atoms with Gasteiger partial charge >= 0.3 is 17.9 Å². The van der Waals surface area contributed by atoms with Crippen LogP contribution < -0.4 is 0 Å². The molecule has 380 valence electrons. The normalized spacial score (nSPS) is 12.9. The van der Waals surface area contributed by atoms with E-state index in [0.29, 0.717) is 19.3 Å². The van der Waals surface area contributed by atoms with Crippen molar-refractivity contribution < 1.29 is 28.6 Å². The van der Waals surface area contributed by atoms with Crippen molar-refractivity contribution in [2.24, 2.45) is 0 Å². The summed E-state index contributed by atoms with van der Waals surface area (Å²) < 4.78 is 16.8. The lowest BCUT2D eigenvalue weighted by molar-refractivity contribution is -0.167. The first kappa shape index (κ1) is 63.1. The lowest BCUT2D eigenvalue weighted by atomic mass is 10.0. The molecule has 0 bridgehead atoms. The van der Waals surface area contributed by atoms with Crippen LogP contribution >= 0.6 is 0 Å². The SMILES string of the molecule is CC\C=C/C=C\C=C/C=C\C=C\C=C/CCCCCC(=O)OC(COC(=O)CCCCCCC\C=C/C=C\C=C/CCCCCCC)COC(=O)CCCCCCCCCCCCCCCC. The van der Waals surface area contributed by atoms with Crippen LogP contribution in [-0.4, -0.2) is 37.2 Å². The molecule has 0 aliphatic carbocycles. The summed E-state index contributed by atoms with van der Waals surface area (Å²) in [6.07, 6.45) is 73.5. The molecule has 0 aromatic rings. The number of hydrogen-bond donors (Lipinski definition) is 0. The maximum atomic E-state index is 12.8. The van der Waals surface area contributed by atoms with Crippen LogP contribution in [0.4, 0.5) is 0 Å². The van der Waals surface area contributed by atoms with Gasteiger partial charge in [0.25, 0.3) is 0 Å². The molecule has 0 aliphatic heterocycles. The Morgan fingerprint density at radius 2 is 0.582 bits per heavy atom. The molecule has 0 N–H and O–H groups in total. The number of carbonyl (C=O) groups excluding carboxylic acids is 3. The van der Waals surface area contributed by atoms with E-state index in [9.17, 15) is 14.4 Å². The third-order valence-corrected chi connectivity index (χ3v) is 11.5.